The van der Waals surface area contributed by atoms with E-state index in [1.54, 1.807) is 11.8 Å². The van der Waals surface area contributed by atoms with Gasteiger partial charge in [-0.1, -0.05) is 31.9 Å². The van der Waals surface area contributed by atoms with Gasteiger partial charge in [-0.3, -0.25) is 4.79 Å². The first-order chi connectivity index (χ1) is 7.74. The zero-order valence-corrected chi connectivity index (χ0v) is 12.5. The summed E-state index contributed by atoms with van der Waals surface area (Å²) in [5, 5.41) is 0. The van der Waals surface area contributed by atoms with Crippen molar-refractivity contribution in [3.63, 3.8) is 0 Å². The molecule has 0 aromatic heterocycles. The molecule has 0 fully saturated rings. The first kappa shape index (κ1) is 14.0. The minimum Gasteiger partial charge on any atom is -0.293 e. The van der Waals surface area contributed by atoms with Gasteiger partial charge in [-0.05, 0) is 46.9 Å². The molecule has 1 nitrogen and oxygen atoms in total. The van der Waals surface area contributed by atoms with Gasteiger partial charge in [-0.25, -0.2) is 0 Å². The van der Waals surface area contributed by atoms with E-state index in [0.717, 1.165) is 11.3 Å². The van der Waals surface area contributed by atoms with Crippen LogP contribution in [0.15, 0.2) is 24.3 Å². The Morgan fingerprint density at radius 3 is 2.56 bits per heavy atom. The van der Waals surface area contributed by atoms with E-state index in [2.05, 4.69) is 29.5 Å². The number of thioether (sulfide) groups is 1. The molecular weight excluding hydrogens is 331 g/mol. The maximum absolute atomic E-state index is 11.8. The van der Waals surface area contributed by atoms with Gasteiger partial charge in [0, 0.05) is 9.13 Å². The highest BCUT2D eigenvalue weighted by Crippen LogP contribution is 2.12. The molecule has 16 heavy (non-hydrogen) atoms. The molecule has 0 saturated heterocycles. The summed E-state index contributed by atoms with van der Waals surface area (Å²) in [5.74, 6) is 1.96. The smallest absolute Gasteiger partial charge is 0.172 e. The van der Waals surface area contributed by atoms with E-state index in [1.165, 1.54) is 22.8 Å². The summed E-state index contributed by atoms with van der Waals surface area (Å²) >= 11 is 4.00. The van der Waals surface area contributed by atoms with Crippen LogP contribution in [0.25, 0.3) is 0 Å². The van der Waals surface area contributed by atoms with Gasteiger partial charge in [0.05, 0.1) is 5.75 Å². The fraction of sp³-hybridized carbons (Fsp3) is 0.462. The average Bonchev–Trinajstić information content (AvgIpc) is 2.29. The molecule has 3 heteroatoms. The summed E-state index contributed by atoms with van der Waals surface area (Å²) in [6.07, 6.45) is 3.73. The highest BCUT2D eigenvalue weighted by molar-refractivity contribution is 14.1. The largest absolute Gasteiger partial charge is 0.293 e. The standard InChI is InChI=1S/C13H17IOS/c1-2-3-4-9-16-10-13(15)11-5-7-12(14)8-6-11/h5-8H,2-4,9-10H2,1H3. The van der Waals surface area contributed by atoms with E-state index in [4.69, 9.17) is 0 Å². The maximum Gasteiger partial charge on any atom is 0.172 e. The van der Waals surface area contributed by atoms with Crippen molar-refractivity contribution in [2.24, 2.45) is 0 Å². The number of rotatable bonds is 7. The van der Waals surface area contributed by atoms with Crippen LogP contribution in [0.4, 0.5) is 0 Å². The number of halogens is 1. The number of hydrogen-bond donors (Lipinski definition) is 0. The number of carbonyl (C=O) groups excluding carboxylic acids is 1. The van der Waals surface area contributed by atoms with Gasteiger partial charge in [0.15, 0.2) is 5.78 Å². The summed E-state index contributed by atoms with van der Waals surface area (Å²) in [6, 6.07) is 7.79. The van der Waals surface area contributed by atoms with Gasteiger partial charge in [0.1, 0.15) is 0 Å². The Balaban J connectivity index is 2.27. The second kappa shape index (κ2) is 8.12. The zero-order chi connectivity index (χ0) is 11.8. The molecule has 0 N–H and O–H groups in total. The molecular formula is C13H17IOS. The van der Waals surface area contributed by atoms with Gasteiger partial charge in [0.2, 0.25) is 0 Å². The Hall–Kier alpha value is -0.0300. The minimum atomic E-state index is 0.248. The van der Waals surface area contributed by atoms with Crippen molar-refractivity contribution in [3.8, 4) is 0 Å². The summed E-state index contributed by atoms with van der Waals surface area (Å²) in [7, 11) is 0. The Kier molecular flexibility index (Phi) is 7.12. The number of unbranched alkanes of at least 4 members (excludes halogenated alkanes) is 2. The van der Waals surface area contributed by atoms with Crippen LogP contribution in [0.1, 0.15) is 36.5 Å². The van der Waals surface area contributed by atoms with Crippen molar-refractivity contribution in [1.82, 2.24) is 0 Å². The van der Waals surface area contributed by atoms with Crippen molar-refractivity contribution in [3.05, 3.63) is 33.4 Å². The molecule has 0 aliphatic heterocycles. The SMILES string of the molecule is CCCCCSCC(=O)c1ccc(I)cc1. The highest BCUT2D eigenvalue weighted by atomic mass is 127. The molecule has 0 spiro atoms. The lowest BCUT2D eigenvalue weighted by Crippen LogP contribution is -2.02. The lowest BCUT2D eigenvalue weighted by atomic mass is 10.2. The number of hydrogen-bond acceptors (Lipinski definition) is 2. The van der Waals surface area contributed by atoms with Gasteiger partial charge in [-0.2, -0.15) is 11.8 Å². The van der Waals surface area contributed by atoms with Gasteiger partial charge in [0.25, 0.3) is 0 Å². The van der Waals surface area contributed by atoms with Crippen molar-refractivity contribution in [2.45, 2.75) is 26.2 Å². The van der Waals surface area contributed by atoms with Crippen LogP contribution in [0.3, 0.4) is 0 Å². The summed E-state index contributed by atoms with van der Waals surface area (Å²) in [6.45, 7) is 2.20. The van der Waals surface area contributed by atoms with Crippen molar-refractivity contribution in [1.29, 1.82) is 0 Å². The van der Waals surface area contributed by atoms with Crippen LogP contribution in [0.5, 0.6) is 0 Å². The van der Waals surface area contributed by atoms with Crippen LogP contribution in [-0.4, -0.2) is 17.3 Å². The van der Waals surface area contributed by atoms with Crippen molar-refractivity contribution < 1.29 is 4.79 Å². The fourth-order valence-corrected chi connectivity index (χ4v) is 2.60. The lowest BCUT2D eigenvalue weighted by molar-refractivity contribution is 0.102. The van der Waals surface area contributed by atoms with Crippen LogP contribution in [-0.2, 0) is 0 Å². The average molecular weight is 348 g/mol. The monoisotopic (exact) mass is 348 g/mol. The molecule has 0 amide bonds. The summed E-state index contributed by atoms with van der Waals surface area (Å²) < 4.78 is 1.17. The number of Topliss-reactive ketones (excluding diaryl/α,β-unsaturated/α-hetero) is 1. The Morgan fingerprint density at radius 1 is 1.25 bits per heavy atom. The van der Waals surface area contributed by atoms with Crippen LogP contribution < -0.4 is 0 Å². The molecule has 0 saturated carbocycles. The predicted molar refractivity (Wildman–Crippen MR) is 80.3 cm³/mol. The van der Waals surface area contributed by atoms with Crippen molar-refractivity contribution in [2.75, 3.05) is 11.5 Å². The van der Waals surface area contributed by atoms with Gasteiger partial charge in [-0.15, -0.1) is 0 Å². The lowest BCUT2D eigenvalue weighted by Gasteiger charge is -2.01. The van der Waals surface area contributed by atoms with Crippen LogP contribution in [0, 0.1) is 3.57 Å². The second-order valence-corrected chi connectivity index (χ2v) is 6.04. The van der Waals surface area contributed by atoms with Crippen LogP contribution in [0.2, 0.25) is 0 Å². The topological polar surface area (TPSA) is 17.1 Å². The molecule has 1 aromatic carbocycles. The van der Waals surface area contributed by atoms with Crippen LogP contribution >= 0.6 is 34.4 Å². The molecule has 0 bridgehead atoms. The molecule has 0 aliphatic carbocycles. The fourth-order valence-electron chi connectivity index (χ4n) is 1.34. The molecule has 1 rings (SSSR count). The Bertz CT molecular complexity index is 321. The first-order valence-corrected chi connectivity index (χ1v) is 7.84. The van der Waals surface area contributed by atoms with E-state index >= 15 is 0 Å². The van der Waals surface area contributed by atoms with E-state index in [1.807, 2.05) is 24.3 Å². The molecule has 88 valence electrons. The van der Waals surface area contributed by atoms with Gasteiger partial charge >= 0.3 is 0 Å². The quantitative estimate of drug-likeness (QED) is 0.413. The highest BCUT2D eigenvalue weighted by Gasteiger charge is 2.04. The van der Waals surface area contributed by atoms with Gasteiger partial charge < -0.3 is 0 Å². The van der Waals surface area contributed by atoms with E-state index in [-0.39, 0.29) is 5.78 Å². The van der Waals surface area contributed by atoms with E-state index in [9.17, 15) is 4.79 Å². The first-order valence-electron chi connectivity index (χ1n) is 5.60. The predicted octanol–water partition coefficient (Wildman–Crippen LogP) is 4.40. The zero-order valence-electron chi connectivity index (χ0n) is 9.54. The Morgan fingerprint density at radius 2 is 1.94 bits per heavy atom. The maximum atomic E-state index is 11.8. The molecule has 0 unspecified atom stereocenters. The summed E-state index contributed by atoms with van der Waals surface area (Å²) in [4.78, 5) is 11.8. The number of carbonyl (C=O) groups is 1. The van der Waals surface area contributed by atoms with Crippen molar-refractivity contribution >= 4 is 40.1 Å². The third kappa shape index (κ3) is 5.34. The minimum absolute atomic E-state index is 0.248. The number of ketones is 1. The second-order valence-electron chi connectivity index (χ2n) is 3.69. The molecule has 0 atom stereocenters. The number of benzene rings is 1. The molecule has 0 radical (unpaired) electrons. The molecule has 0 heterocycles. The normalized spacial score (nSPS) is 10.4. The Labute approximate surface area is 116 Å². The molecule has 0 aliphatic rings. The third-order valence-corrected chi connectivity index (χ3v) is 4.05. The molecule has 1 aromatic rings. The summed E-state index contributed by atoms with van der Waals surface area (Å²) in [5.41, 5.74) is 0.836. The van der Waals surface area contributed by atoms with E-state index in [0.29, 0.717) is 5.75 Å². The van der Waals surface area contributed by atoms with E-state index < -0.39 is 0 Å². The third-order valence-electron chi connectivity index (χ3n) is 2.29.